The fourth-order valence-corrected chi connectivity index (χ4v) is 1.82. The Morgan fingerprint density at radius 2 is 1.67 bits per heavy atom. The van der Waals surface area contributed by atoms with E-state index < -0.39 is 0 Å². The van der Waals surface area contributed by atoms with Crippen LogP contribution in [-0.2, 0) is 0 Å². The van der Waals surface area contributed by atoms with Crippen LogP contribution in [0.1, 0.15) is 41.3 Å². The van der Waals surface area contributed by atoms with Crippen molar-refractivity contribution in [1.82, 2.24) is 0 Å². The molecule has 0 aliphatic carbocycles. The van der Waals surface area contributed by atoms with Gasteiger partial charge in [-0.3, -0.25) is 4.79 Å². The molecule has 2 rings (SSSR count). The van der Waals surface area contributed by atoms with Gasteiger partial charge in [0.2, 0.25) is 0 Å². The van der Waals surface area contributed by atoms with E-state index in [-0.39, 0.29) is 11.6 Å². The molecule has 2 heteroatoms. The van der Waals surface area contributed by atoms with E-state index in [1.807, 2.05) is 12.1 Å². The molecule has 0 bridgehead atoms. The molecule has 18 heavy (non-hydrogen) atoms. The van der Waals surface area contributed by atoms with Gasteiger partial charge in [-0.15, -0.1) is 0 Å². The van der Waals surface area contributed by atoms with E-state index in [4.69, 9.17) is 0 Å². The van der Waals surface area contributed by atoms with Crippen LogP contribution in [-0.4, -0.2) is 5.78 Å². The van der Waals surface area contributed by atoms with Crippen molar-refractivity contribution < 1.29 is 9.18 Å². The minimum absolute atomic E-state index is 0.148. The lowest BCUT2D eigenvalue weighted by Gasteiger charge is -2.06. The maximum atomic E-state index is 13.1. The van der Waals surface area contributed by atoms with Crippen LogP contribution in [0.15, 0.2) is 48.5 Å². The highest BCUT2D eigenvalue weighted by atomic mass is 19.1. The summed E-state index contributed by atoms with van der Waals surface area (Å²) in [7, 11) is 0. The minimum Gasteiger partial charge on any atom is -0.289 e. The molecule has 0 heterocycles. The van der Waals surface area contributed by atoms with Gasteiger partial charge in [0.15, 0.2) is 5.78 Å². The molecule has 0 saturated heterocycles. The Morgan fingerprint density at radius 1 is 1.00 bits per heavy atom. The summed E-state index contributed by atoms with van der Waals surface area (Å²) >= 11 is 0. The highest BCUT2D eigenvalue weighted by Gasteiger charge is 2.10. The number of benzene rings is 2. The summed E-state index contributed by atoms with van der Waals surface area (Å²) in [5, 5.41) is 0. The second kappa shape index (κ2) is 5.13. The summed E-state index contributed by atoms with van der Waals surface area (Å²) in [6.07, 6.45) is 0. The van der Waals surface area contributed by atoms with E-state index in [0.29, 0.717) is 17.0 Å². The molecule has 2 aromatic rings. The van der Waals surface area contributed by atoms with Gasteiger partial charge in [0.25, 0.3) is 0 Å². The smallest absolute Gasteiger partial charge is 0.193 e. The van der Waals surface area contributed by atoms with Crippen LogP contribution >= 0.6 is 0 Å². The van der Waals surface area contributed by atoms with E-state index >= 15 is 0 Å². The van der Waals surface area contributed by atoms with Gasteiger partial charge in [-0.2, -0.15) is 0 Å². The molecule has 0 atom stereocenters. The van der Waals surface area contributed by atoms with E-state index in [1.165, 1.54) is 17.7 Å². The number of hydrogen-bond donors (Lipinski definition) is 0. The topological polar surface area (TPSA) is 17.1 Å². The quantitative estimate of drug-likeness (QED) is 0.738. The average Bonchev–Trinajstić information content (AvgIpc) is 2.38. The Hall–Kier alpha value is -1.96. The molecule has 92 valence electrons. The lowest BCUT2D eigenvalue weighted by Crippen LogP contribution is -2.02. The van der Waals surface area contributed by atoms with E-state index in [0.717, 1.165) is 0 Å². The van der Waals surface area contributed by atoms with Crippen molar-refractivity contribution in [3.8, 4) is 0 Å². The maximum absolute atomic E-state index is 13.1. The van der Waals surface area contributed by atoms with Crippen molar-refractivity contribution in [2.75, 3.05) is 0 Å². The molecule has 0 fully saturated rings. The van der Waals surface area contributed by atoms with Crippen LogP contribution in [0.4, 0.5) is 4.39 Å². The third kappa shape index (κ3) is 2.65. The van der Waals surface area contributed by atoms with Gasteiger partial charge in [-0.25, -0.2) is 4.39 Å². The van der Waals surface area contributed by atoms with Gasteiger partial charge >= 0.3 is 0 Å². The third-order valence-electron chi connectivity index (χ3n) is 2.93. The Labute approximate surface area is 106 Å². The zero-order valence-electron chi connectivity index (χ0n) is 10.5. The molecule has 0 aromatic heterocycles. The molecule has 0 unspecified atom stereocenters. The third-order valence-corrected chi connectivity index (χ3v) is 2.93. The first kappa shape index (κ1) is 12.5. The first-order chi connectivity index (χ1) is 8.58. The molecule has 0 radical (unpaired) electrons. The molecule has 0 spiro atoms. The number of carbonyl (C=O) groups is 1. The second-order valence-corrected chi connectivity index (χ2v) is 4.62. The van der Waals surface area contributed by atoms with Crippen LogP contribution in [0.3, 0.4) is 0 Å². The highest BCUT2D eigenvalue weighted by Crippen LogP contribution is 2.17. The summed E-state index contributed by atoms with van der Waals surface area (Å²) < 4.78 is 13.1. The lowest BCUT2D eigenvalue weighted by atomic mass is 9.98. The molecule has 0 amide bonds. The average molecular weight is 242 g/mol. The molecular weight excluding hydrogens is 227 g/mol. The standard InChI is InChI=1S/C16H15FO/c1-11(2)12-6-8-13(9-7-12)16(18)14-4-3-5-15(17)10-14/h3-11H,1-2H3. The number of rotatable bonds is 3. The van der Waals surface area contributed by atoms with Gasteiger partial charge < -0.3 is 0 Å². The van der Waals surface area contributed by atoms with Gasteiger partial charge in [-0.1, -0.05) is 50.2 Å². The second-order valence-electron chi connectivity index (χ2n) is 4.62. The molecule has 0 aliphatic rings. The van der Waals surface area contributed by atoms with Gasteiger partial charge in [0.1, 0.15) is 5.82 Å². The van der Waals surface area contributed by atoms with Crippen molar-refractivity contribution in [2.24, 2.45) is 0 Å². The first-order valence-corrected chi connectivity index (χ1v) is 5.98. The van der Waals surface area contributed by atoms with E-state index in [1.54, 1.807) is 24.3 Å². The van der Waals surface area contributed by atoms with Gasteiger partial charge in [-0.05, 0) is 23.6 Å². The van der Waals surface area contributed by atoms with Crippen molar-refractivity contribution in [2.45, 2.75) is 19.8 Å². The van der Waals surface area contributed by atoms with Crippen LogP contribution in [0.2, 0.25) is 0 Å². The van der Waals surface area contributed by atoms with Gasteiger partial charge in [0.05, 0.1) is 0 Å². The van der Waals surface area contributed by atoms with E-state index in [9.17, 15) is 9.18 Å². The Bertz CT molecular complexity index is 556. The van der Waals surface area contributed by atoms with Crippen LogP contribution in [0, 0.1) is 5.82 Å². The van der Waals surface area contributed by atoms with Gasteiger partial charge in [0, 0.05) is 11.1 Å². The fourth-order valence-electron chi connectivity index (χ4n) is 1.82. The summed E-state index contributed by atoms with van der Waals surface area (Å²) in [5.74, 6) is -0.104. The highest BCUT2D eigenvalue weighted by molar-refractivity contribution is 6.08. The Balaban J connectivity index is 2.29. The molecule has 1 nitrogen and oxygen atoms in total. The SMILES string of the molecule is CC(C)c1ccc(C(=O)c2cccc(F)c2)cc1. The number of ketones is 1. The summed E-state index contributed by atoms with van der Waals surface area (Å²) in [6, 6.07) is 13.2. The molecule has 2 aromatic carbocycles. The maximum Gasteiger partial charge on any atom is 0.193 e. The zero-order chi connectivity index (χ0) is 13.1. The normalized spacial score (nSPS) is 10.7. The minimum atomic E-state index is -0.389. The predicted molar refractivity (Wildman–Crippen MR) is 70.4 cm³/mol. The number of carbonyl (C=O) groups excluding carboxylic acids is 1. The largest absolute Gasteiger partial charge is 0.289 e. The molecule has 0 aliphatic heterocycles. The van der Waals surface area contributed by atoms with E-state index in [2.05, 4.69) is 13.8 Å². The fraction of sp³-hybridized carbons (Fsp3) is 0.188. The van der Waals surface area contributed by atoms with Crippen molar-refractivity contribution in [3.63, 3.8) is 0 Å². The van der Waals surface area contributed by atoms with Crippen molar-refractivity contribution in [1.29, 1.82) is 0 Å². The van der Waals surface area contributed by atoms with Crippen LogP contribution in [0.25, 0.3) is 0 Å². The first-order valence-electron chi connectivity index (χ1n) is 5.98. The molecule has 0 saturated carbocycles. The van der Waals surface area contributed by atoms with Crippen LogP contribution < -0.4 is 0 Å². The summed E-state index contributed by atoms with van der Waals surface area (Å²) in [5.41, 5.74) is 2.16. The van der Waals surface area contributed by atoms with Crippen molar-refractivity contribution >= 4 is 5.78 Å². The number of hydrogen-bond acceptors (Lipinski definition) is 1. The lowest BCUT2D eigenvalue weighted by molar-refractivity contribution is 0.103. The van der Waals surface area contributed by atoms with Crippen LogP contribution in [0.5, 0.6) is 0 Å². The Morgan fingerprint density at radius 3 is 2.22 bits per heavy atom. The monoisotopic (exact) mass is 242 g/mol. The van der Waals surface area contributed by atoms with Crippen molar-refractivity contribution in [3.05, 3.63) is 71.0 Å². The predicted octanol–water partition coefficient (Wildman–Crippen LogP) is 4.18. The zero-order valence-corrected chi connectivity index (χ0v) is 10.5. The molecular formula is C16H15FO. The summed E-state index contributed by atoms with van der Waals surface area (Å²) in [6.45, 7) is 4.20. The summed E-state index contributed by atoms with van der Waals surface area (Å²) in [4.78, 5) is 12.1. The molecule has 0 N–H and O–H groups in total. The Kier molecular flexibility index (Phi) is 3.56. The number of halogens is 1.